The topological polar surface area (TPSA) is 74.8 Å². The first-order valence-electron chi connectivity index (χ1n) is 8.64. The predicted octanol–water partition coefficient (Wildman–Crippen LogP) is 3.77. The molecule has 0 fully saturated rings. The van der Waals surface area contributed by atoms with Gasteiger partial charge in [-0.25, -0.2) is 4.99 Å². The highest BCUT2D eigenvalue weighted by molar-refractivity contribution is 14.0. The van der Waals surface area contributed by atoms with Crippen molar-refractivity contribution in [3.8, 4) is 5.75 Å². The number of amides is 1. The minimum absolute atomic E-state index is 0. The van der Waals surface area contributed by atoms with Crippen molar-refractivity contribution < 1.29 is 9.53 Å². The molecule has 1 aromatic carbocycles. The van der Waals surface area contributed by atoms with Crippen LogP contribution in [0.1, 0.15) is 23.6 Å². The Bertz CT molecular complexity index is 749. The maximum absolute atomic E-state index is 11.1. The van der Waals surface area contributed by atoms with Crippen LogP contribution in [0.15, 0.2) is 41.4 Å². The summed E-state index contributed by atoms with van der Waals surface area (Å²) in [5.41, 5.74) is 0.726. The van der Waals surface area contributed by atoms with Gasteiger partial charge in [0.05, 0.1) is 13.1 Å². The third-order valence-electron chi connectivity index (χ3n) is 3.35. The number of aliphatic imine (C=N–C) groups is 1. The van der Waals surface area contributed by atoms with Crippen molar-refractivity contribution in [3.63, 3.8) is 0 Å². The Morgan fingerprint density at radius 3 is 2.70 bits per heavy atom. The van der Waals surface area contributed by atoms with E-state index in [1.807, 2.05) is 25.1 Å². The molecule has 0 radical (unpaired) electrons. The minimum atomic E-state index is -0.101. The molecule has 27 heavy (non-hydrogen) atoms. The van der Waals surface area contributed by atoms with E-state index in [4.69, 9.17) is 4.74 Å². The van der Waals surface area contributed by atoms with E-state index in [9.17, 15) is 4.79 Å². The van der Waals surface area contributed by atoms with Crippen LogP contribution in [0.25, 0.3) is 0 Å². The van der Waals surface area contributed by atoms with Gasteiger partial charge in [-0.1, -0.05) is 6.07 Å². The number of hydrogen-bond donors (Lipinski definition) is 3. The van der Waals surface area contributed by atoms with E-state index in [0.29, 0.717) is 25.4 Å². The van der Waals surface area contributed by atoms with Gasteiger partial charge in [-0.05, 0) is 38.1 Å². The van der Waals surface area contributed by atoms with Crippen molar-refractivity contribution in [1.82, 2.24) is 10.6 Å². The molecule has 0 spiro atoms. The Labute approximate surface area is 181 Å². The predicted molar refractivity (Wildman–Crippen MR) is 124 cm³/mol. The molecular weight excluding hydrogens is 475 g/mol. The molecular formula is C19H27IN4O2S. The molecule has 0 aliphatic carbocycles. The molecule has 0 unspecified atom stereocenters. The summed E-state index contributed by atoms with van der Waals surface area (Å²) in [6.07, 6.45) is 0. The van der Waals surface area contributed by atoms with Gasteiger partial charge in [-0.3, -0.25) is 4.79 Å². The second kappa shape index (κ2) is 12.6. The van der Waals surface area contributed by atoms with Gasteiger partial charge in [0.2, 0.25) is 5.91 Å². The smallest absolute Gasteiger partial charge is 0.221 e. The van der Waals surface area contributed by atoms with E-state index in [1.165, 1.54) is 16.7 Å². The Kier molecular flexibility index (Phi) is 10.8. The quantitative estimate of drug-likeness (QED) is 0.223. The van der Waals surface area contributed by atoms with Crippen molar-refractivity contribution in [2.45, 2.75) is 27.3 Å². The number of ether oxygens (including phenoxy) is 1. The van der Waals surface area contributed by atoms with Crippen LogP contribution in [0.2, 0.25) is 0 Å². The molecule has 1 heterocycles. The van der Waals surface area contributed by atoms with Gasteiger partial charge in [0.25, 0.3) is 0 Å². The molecule has 6 nitrogen and oxygen atoms in total. The number of halogens is 1. The largest absolute Gasteiger partial charge is 0.492 e. The maximum atomic E-state index is 11.1. The number of benzene rings is 1. The molecule has 3 N–H and O–H groups in total. The van der Waals surface area contributed by atoms with Gasteiger partial charge in [-0.15, -0.1) is 35.3 Å². The fraction of sp³-hybridized carbons (Fsp3) is 0.368. The second-order valence-corrected chi connectivity index (χ2v) is 7.06. The summed E-state index contributed by atoms with van der Waals surface area (Å²) < 4.78 is 5.73. The molecule has 0 atom stereocenters. The Hall–Kier alpha value is -1.81. The molecule has 2 rings (SSSR count). The number of thiophene rings is 1. The van der Waals surface area contributed by atoms with E-state index < -0.39 is 0 Å². The molecule has 8 heteroatoms. The normalized spacial score (nSPS) is 10.7. The third-order valence-corrected chi connectivity index (χ3v) is 4.34. The molecule has 0 aliphatic heterocycles. The second-order valence-electron chi connectivity index (χ2n) is 5.69. The zero-order valence-corrected chi connectivity index (χ0v) is 19.0. The highest BCUT2D eigenvalue weighted by Crippen LogP contribution is 2.17. The van der Waals surface area contributed by atoms with E-state index in [1.54, 1.807) is 17.4 Å². The van der Waals surface area contributed by atoms with Crippen LogP contribution in [0.5, 0.6) is 5.75 Å². The lowest BCUT2D eigenvalue weighted by atomic mass is 10.3. The molecule has 0 saturated heterocycles. The van der Waals surface area contributed by atoms with Crippen LogP contribution >= 0.6 is 35.3 Å². The van der Waals surface area contributed by atoms with E-state index >= 15 is 0 Å². The summed E-state index contributed by atoms with van der Waals surface area (Å²) in [7, 11) is 0. The van der Waals surface area contributed by atoms with Crippen molar-refractivity contribution in [1.29, 1.82) is 0 Å². The Morgan fingerprint density at radius 2 is 2.04 bits per heavy atom. The number of aryl methyl sites for hydroxylation is 1. The van der Waals surface area contributed by atoms with Crippen LogP contribution in [0.4, 0.5) is 5.69 Å². The Balaban J connectivity index is 0.00000364. The lowest BCUT2D eigenvalue weighted by molar-refractivity contribution is -0.114. The first kappa shape index (κ1) is 23.2. The lowest BCUT2D eigenvalue weighted by Gasteiger charge is -2.12. The van der Waals surface area contributed by atoms with E-state index in [-0.39, 0.29) is 29.9 Å². The molecule has 1 amide bonds. The van der Waals surface area contributed by atoms with Gasteiger partial charge in [0.1, 0.15) is 12.4 Å². The lowest BCUT2D eigenvalue weighted by Crippen LogP contribution is -2.39. The number of nitrogens with zero attached hydrogens (tertiary/aromatic N) is 1. The van der Waals surface area contributed by atoms with Gasteiger partial charge < -0.3 is 20.7 Å². The number of guanidine groups is 1. The summed E-state index contributed by atoms with van der Waals surface area (Å²) in [6.45, 7) is 8.20. The fourth-order valence-corrected chi connectivity index (χ4v) is 3.09. The number of carbonyl (C=O) groups is 1. The van der Waals surface area contributed by atoms with Crippen molar-refractivity contribution >= 4 is 52.9 Å². The average molecular weight is 502 g/mol. The highest BCUT2D eigenvalue weighted by atomic mass is 127. The number of nitrogens with one attached hydrogen (secondary N) is 3. The fourth-order valence-electron chi connectivity index (χ4n) is 2.27. The number of anilines is 1. The van der Waals surface area contributed by atoms with E-state index in [2.05, 4.69) is 40.0 Å². The Morgan fingerprint density at radius 1 is 1.22 bits per heavy atom. The summed E-state index contributed by atoms with van der Waals surface area (Å²) in [5.74, 6) is 1.39. The van der Waals surface area contributed by atoms with Crippen LogP contribution < -0.4 is 20.7 Å². The molecule has 2 aromatic rings. The average Bonchev–Trinajstić information content (AvgIpc) is 3.01. The standard InChI is InChI=1S/C19H26N4O2S.HI/c1-4-20-19(22-13-18-9-8-14(2)26-18)21-10-11-25-17-7-5-6-16(12-17)23-15(3)24;/h5-9,12H,4,10-11,13H2,1-3H3,(H,23,24)(H2,20,21,22);1H. The van der Waals surface area contributed by atoms with Crippen LogP contribution in [-0.2, 0) is 11.3 Å². The van der Waals surface area contributed by atoms with Crippen LogP contribution in [0, 0.1) is 6.92 Å². The number of hydrogen-bond acceptors (Lipinski definition) is 4. The van der Waals surface area contributed by atoms with Crippen molar-refractivity contribution in [2.24, 2.45) is 4.99 Å². The number of rotatable bonds is 8. The zero-order chi connectivity index (χ0) is 18.8. The molecule has 0 aliphatic rings. The van der Waals surface area contributed by atoms with Gasteiger partial charge in [-0.2, -0.15) is 0 Å². The third kappa shape index (κ3) is 9.09. The van der Waals surface area contributed by atoms with E-state index in [0.717, 1.165) is 18.2 Å². The molecule has 1 aromatic heterocycles. The first-order valence-corrected chi connectivity index (χ1v) is 9.46. The zero-order valence-electron chi connectivity index (χ0n) is 15.9. The number of carbonyl (C=O) groups excluding carboxylic acids is 1. The van der Waals surface area contributed by atoms with Gasteiger partial charge in [0.15, 0.2) is 5.96 Å². The molecule has 148 valence electrons. The van der Waals surface area contributed by atoms with Crippen molar-refractivity contribution in [2.75, 3.05) is 25.0 Å². The summed E-state index contributed by atoms with van der Waals surface area (Å²) in [4.78, 5) is 18.2. The van der Waals surface area contributed by atoms with Crippen LogP contribution in [-0.4, -0.2) is 31.6 Å². The van der Waals surface area contributed by atoms with Crippen LogP contribution in [0.3, 0.4) is 0 Å². The first-order chi connectivity index (χ1) is 12.6. The summed E-state index contributed by atoms with van der Waals surface area (Å²) >= 11 is 1.76. The molecule has 0 saturated carbocycles. The summed E-state index contributed by atoms with van der Waals surface area (Å²) in [6, 6.07) is 11.6. The molecule has 0 bridgehead atoms. The van der Waals surface area contributed by atoms with Gasteiger partial charge in [0, 0.05) is 35.0 Å². The summed E-state index contributed by atoms with van der Waals surface area (Å²) in [5, 5.41) is 9.23. The highest BCUT2D eigenvalue weighted by Gasteiger charge is 2.01. The van der Waals surface area contributed by atoms with Gasteiger partial charge >= 0.3 is 0 Å². The van der Waals surface area contributed by atoms with Crippen molar-refractivity contribution in [3.05, 3.63) is 46.2 Å². The minimum Gasteiger partial charge on any atom is -0.492 e. The maximum Gasteiger partial charge on any atom is 0.221 e. The SMILES string of the molecule is CCNC(=NCc1ccc(C)s1)NCCOc1cccc(NC(C)=O)c1.I. The monoisotopic (exact) mass is 502 g/mol.